The molecule has 4 aromatic heterocycles. The van der Waals surface area contributed by atoms with E-state index < -0.39 is 5.67 Å². The highest BCUT2D eigenvalue weighted by molar-refractivity contribution is 5.97. The van der Waals surface area contributed by atoms with Gasteiger partial charge in [0.2, 0.25) is 0 Å². The summed E-state index contributed by atoms with van der Waals surface area (Å²) in [5, 5.41) is 13.1. The van der Waals surface area contributed by atoms with Gasteiger partial charge in [-0.3, -0.25) is 9.36 Å². The Kier molecular flexibility index (Phi) is 4.91. The Labute approximate surface area is 183 Å². The molecule has 1 amide bonds. The predicted molar refractivity (Wildman–Crippen MR) is 116 cm³/mol. The van der Waals surface area contributed by atoms with Crippen LogP contribution in [0.15, 0.2) is 42.9 Å². The molecule has 0 radical (unpaired) electrons. The summed E-state index contributed by atoms with van der Waals surface area (Å²) in [6.07, 6.45) is 6.61. The van der Waals surface area contributed by atoms with Crippen LogP contribution in [-0.2, 0) is 6.42 Å². The van der Waals surface area contributed by atoms with E-state index >= 15 is 0 Å². The number of hydrogen-bond donors (Lipinski definition) is 0. The van der Waals surface area contributed by atoms with E-state index in [9.17, 15) is 9.18 Å². The molecular weight excluding hydrogens is 411 g/mol. The largest absolute Gasteiger partial charge is 0.338 e. The van der Waals surface area contributed by atoms with Crippen LogP contribution in [0.25, 0.3) is 22.5 Å². The Balaban J connectivity index is 1.37. The summed E-state index contributed by atoms with van der Waals surface area (Å²) >= 11 is 0. The van der Waals surface area contributed by atoms with Crippen molar-refractivity contribution < 1.29 is 9.18 Å². The number of piperidine rings is 1. The van der Waals surface area contributed by atoms with Crippen molar-refractivity contribution in [2.45, 2.75) is 38.8 Å². The number of alkyl halides is 1. The van der Waals surface area contributed by atoms with Crippen molar-refractivity contribution in [2.75, 3.05) is 13.1 Å². The number of rotatable bonds is 4. The van der Waals surface area contributed by atoms with E-state index in [-0.39, 0.29) is 5.91 Å². The van der Waals surface area contributed by atoms with Crippen LogP contribution in [0.5, 0.6) is 0 Å². The molecule has 0 atom stereocenters. The molecule has 164 valence electrons. The number of aryl methyl sites for hydroxylation is 1. The van der Waals surface area contributed by atoms with Crippen LogP contribution in [0.2, 0.25) is 0 Å². The summed E-state index contributed by atoms with van der Waals surface area (Å²) in [4.78, 5) is 24.9. The topological polar surface area (TPSA) is 94.6 Å². The Morgan fingerprint density at radius 3 is 2.66 bits per heavy atom. The van der Waals surface area contributed by atoms with Gasteiger partial charge in [-0.15, -0.1) is 15.0 Å². The fraction of sp³-hybridized carbons (Fsp3) is 0.364. The number of halogens is 1. The first-order valence-electron chi connectivity index (χ1n) is 10.6. The molecule has 0 N–H and O–H groups in total. The normalized spacial score (nSPS) is 15.9. The van der Waals surface area contributed by atoms with Crippen molar-refractivity contribution in [3.8, 4) is 11.5 Å². The molecule has 0 aromatic carbocycles. The summed E-state index contributed by atoms with van der Waals surface area (Å²) in [5.41, 5.74) is 0.861. The highest BCUT2D eigenvalue weighted by Crippen LogP contribution is 2.27. The van der Waals surface area contributed by atoms with Crippen molar-refractivity contribution in [1.82, 2.24) is 39.6 Å². The van der Waals surface area contributed by atoms with Gasteiger partial charge >= 0.3 is 0 Å². The van der Waals surface area contributed by atoms with Gasteiger partial charge in [0.1, 0.15) is 11.3 Å². The number of tetrazole rings is 1. The molecule has 0 bridgehead atoms. The number of aromatic nitrogens is 7. The van der Waals surface area contributed by atoms with Crippen molar-refractivity contribution in [1.29, 1.82) is 0 Å². The third-order valence-electron chi connectivity index (χ3n) is 5.85. The first-order valence-corrected chi connectivity index (χ1v) is 10.6. The first-order chi connectivity index (χ1) is 15.4. The number of amides is 1. The molecule has 0 unspecified atom stereocenters. The maximum Gasteiger partial charge on any atom is 0.255 e. The minimum atomic E-state index is -1.19. The summed E-state index contributed by atoms with van der Waals surface area (Å²) < 4.78 is 16.0. The molecule has 0 aliphatic carbocycles. The quantitative estimate of drug-likeness (QED) is 0.490. The van der Waals surface area contributed by atoms with E-state index in [1.165, 1.54) is 4.80 Å². The van der Waals surface area contributed by atoms with Crippen molar-refractivity contribution in [3.05, 3.63) is 54.2 Å². The van der Waals surface area contributed by atoms with Crippen LogP contribution in [0.1, 0.15) is 42.9 Å². The minimum Gasteiger partial charge on any atom is -0.338 e. The summed E-state index contributed by atoms with van der Waals surface area (Å²) in [5.74, 6) is 1.12. The number of carbonyl (C=O) groups is 1. The summed E-state index contributed by atoms with van der Waals surface area (Å²) in [6, 6.07) is 7.46. The molecule has 0 spiro atoms. The molecule has 5 rings (SSSR count). The van der Waals surface area contributed by atoms with Gasteiger partial charge in [0.15, 0.2) is 11.6 Å². The van der Waals surface area contributed by atoms with Crippen molar-refractivity contribution >= 4 is 16.9 Å². The average Bonchev–Trinajstić information content (AvgIpc) is 3.45. The lowest BCUT2D eigenvalue weighted by molar-refractivity contribution is 0.0504. The van der Waals surface area contributed by atoms with Gasteiger partial charge in [-0.05, 0) is 49.2 Å². The zero-order valence-corrected chi connectivity index (χ0v) is 17.9. The van der Waals surface area contributed by atoms with E-state index in [4.69, 9.17) is 0 Å². The maximum atomic E-state index is 14.1. The van der Waals surface area contributed by atoms with E-state index in [0.717, 1.165) is 16.7 Å². The molecular formula is C22H23FN8O. The fourth-order valence-corrected chi connectivity index (χ4v) is 3.83. The van der Waals surface area contributed by atoms with E-state index in [0.29, 0.717) is 49.6 Å². The smallest absolute Gasteiger partial charge is 0.255 e. The monoisotopic (exact) mass is 434 g/mol. The first kappa shape index (κ1) is 20.2. The van der Waals surface area contributed by atoms with Gasteiger partial charge in [0.25, 0.3) is 5.91 Å². The number of nitrogens with zero attached hydrogens (tertiary/aromatic N) is 8. The third kappa shape index (κ3) is 3.72. The molecule has 32 heavy (non-hydrogen) atoms. The highest BCUT2D eigenvalue weighted by atomic mass is 19.1. The lowest BCUT2D eigenvalue weighted by Gasteiger charge is -2.34. The molecule has 1 aliphatic heterocycles. The van der Waals surface area contributed by atoms with Crippen molar-refractivity contribution in [3.63, 3.8) is 0 Å². The molecule has 1 fully saturated rings. The van der Waals surface area contributed by atoms with Gasteiger partial charge < -0.3 is 4.90 Å². The minimum absolute atomic E-state index is 0.111. The van der Waals surface area contributed by atoms with Crippen LogP contribution in [0.3, 0.4) is 0 Å². The van der Waals surface area contributed by atoms with Crippen LogP contribution in [-0.4, -0.2) is 64.3 Å². The number of fused-ring (bicyclic) bond motifs is 1. The van der Waals surface area contributed by atoms with Gasteiger partial charge in [-0.2, -0.15) is 0 Å². The maximum absolute atomic E-state index is 14.1. The Morgan fingerprint density at radius 2 is 1.97 bits per heavy atom. The molecule has 5 heterocycles. The van der Waals surface area contributed by atoms with E-state index in [1.54, 1.807) is 24.2 Å². The number of pyridine rings is 2. The lowest BCUT2D eigenvalue weighted by atomic mass is 9.95. The second-order valence-corrected chi connectivity index (χ2v) is 8.25. The van der Waals surface area contributed by atoms with Crippen molar-refractivity contribution in [2.24, 2.45) is 0 Å². The van der Waals surface area contributed by atoms with Gasteiger partial charge in [0.05, 0.1) is 17.4 Å². The van der Waals surface area contributed by atoms with E-state index in [2.05, 4.69) is 25.4 Å². The van der Waals surface area contributed by atoms with Gasteiger partial charge in [0, 0.05) is 37.3 Å². The molecule has 4 aromatic rings. The number of carbonyl (C=O) groups excluding carboxylic acids is 1. The zero-order valence-electron chi connectivity index (χ0n) is 17.9. The van der Waals surface area contributed by atoms with E-state index in [1.807, 2.05) is 42.0 Å². The number of likely N-dealkylation sites (tertiary alicyclic amines) is 1. The highest BCUT2D eigenvalue weighted by Gasteiger charge is 2.32. The molecule has 0 saturated carbocycles. The zero-order chi connectivity index (χ0) is 22.3. The standard InChI is InChI=1S/C22H23FN8O/c1-3-18-26-28-31(27-18)19-5-4-17(14-24-19)30-9-6-15-12-16(13-25-20(15)30)21(32)29-10-7-22(2,23)8-11-29/h4-6,9,12-14H,3,7-8,10-11H2,1-2H3. The SMILES string of the molecule is CCc1nnn(-c2ccc(-n3ccc4cc(C(=O)N5CCC(C)(F)CC5)cnc43)cn2)n1. The Hall–Kier alpha value is -3.69. The second-order valence-electron chi connectivity index (χ2n) is 8.25. The Morgan fingerprint density at radius 1 is 1.16 bits per heavy atom. The molecule has 10 heteroatoms. The summed E-state index contributed by atoms with van der Waals surface area (Å²) in [7, 11) is 0. The number of hydrogen-bond acceptors (Lipinski definition) is 6. The van der Waals surface area contributed by atoms with Crippen LogP contribution in [0, 0.1) is 0 Å². The van der Waals surface area contributed by atoms with Gasteiger partial charge in [-0.1, -0.05) is 6.92 Å². The van der Waals surface area contributed by atoms with Crippen LogP contribution >= 0.6 is 0 Å². The molecule has 1 saturated heterocycles. The molecule has 1 aliphatic rings. The molecule has 9 nitrogen and oxygen atoms in total. The second kappa shape index (κ2) is 7.77. The van der Waals surface area contributed by atoms with Gasteiger partial charge in [-0.25, -0.2) is 14.4 Å². The predicted octanol–water partition coefficient (Wildman–Crippen LogP) is 2.92. The lowest BCUT2D eigenvalue weighted by Crippen LogP contribution is -2.43. The summed E-state index contributed by atoms with van der Waals surface area (Å²) in [6.45, 7) is 4.40. The van der Waals surface area contributed by atoms with Crippen LogP contribution < -0.4 is 0 Å². The third-order valence-corrected chi connectivity index (χ3v) is 5.85. The van der Waals surface area contributed by atoms with Crippen LogP contribution in [0.4, 0.5) is 4.39 Å². The fourth-order valence-electron chi connectivity index (χ4n) is 3.83. The Bertz CT molecular complexity index is 1270. The average molecular weight is 434 g/mol.